The minimum absolute atomic E-state index is 0.191. The van der Waals surface area contributed by atoms with Gasteiger partial charge in [0.15, 0.2) is 0 Å². The molecule has 1 spiro atoms. The average Bonchev–Trinajstić information content (AvgIpc) is 3.14. The van der Waals surface area contributed by atoms with E-state index in [1.54, 1.807) is 0 Å². The van der Waals surface area contributed by atoms with E-state index in [0.29, 0.717) is 0 Å². The number of piperidine rings is 1. The predicted molar refractivity (Wildman–Crippen MR) is 148 cm³/mol. The van der Waals surface area contributed by atoms with E-state index in [1.165, 1.54) is 11.1 Å². The molecule has 0 aliphatic carbocycles. The normalized spacial score (nSPS) is 16.9. The molecule has 0 unspecified atom stereocenters. The largest absolute Gasteiger partial charge is 0.297 e. The van der Waals surface area contributed by atoms with Crippen LogP contribution < -0.4 is 4.90 Å². The molecule has 3 aromatic carbocycles. The molecule has 0 radical (unpaired) electrons. The molecule has 1 amide bonds. The van der Waals surface area contributed by atoms with Crippen LogP contribution in [0.25, 0.3) is 11.1 Å². The summed E-state index contributed by atoms with van der Waals surface area (Å²) in [6.07, 6.45) is 3.47. The van der Waals surface area contributed by atoms with Crippen molar-refractivity contribution in [2.75, 3.05) is 18.0 Å². The lowest BCUT2D eigenvalue weighted by Gasteiger charge is -2.38. The molecule has 1 fully saturated rings. The Morgan fingerprint density at radius 3 is 2.33 bits per heavy atom. The highest BCUT2D eigenvalue weighted by atomic mass is 79.9. The maximum Gasteiger partial charge on any atom is 0.242 e. The fraction of sp³-hybridized carbons (Fsp3) is 0.226. The Balaban J connectivity index is 1.29. The van der Waals surface area contributed by atoms with Gasteiger partial charge in [0, 0.05) is 22.9 Å². The molecule has 6 rings (SSSR count). The summed E-state index contributed by atoms with van der Waals surface area (Å²) in [6, 6.07) is 29.1. The minimum atomic E-state index is -0.493. The Morgan fingerprint density at radius 2 is 1.61 bits per heavy atom. The van der Waals surface area contributed by atoms with Crippen molar-refractivity contribution in [3.05, 3.63) is 112 Å². The van der Waals surface area contributed by atoms with E-state index in [1.807, 2.05) is 41.4 Å². The molecule has 0 bridgehead atoms. The molecular formula is C31H28BrN3O. The van der Waals surface area contributed by atoms with Crippen LogP contribution in [0, 0.1) is 6.92 Å². The van der Waals surface area contributed by atoms with Crippen molar-refractivity contribution in [1.82, 2.24) is 9.88 Å². The van der Waals surface area contributed by atoms with Crippen LogP contribution in [0.15, 0.2) is 95.6 Å². The van der Waals surface area contributed by atoms with Gasteiger partial charge in [0.1, 0.15) is 0 Å². The molecule has 4 aromatic rings. The smallest absolute Gasteiger partial charge is 0.242 e. The summed E-state index contributed by atoms with van der Waals surface area (Å²) in [5, 5.41) is 0. The van der Waals surface area contributed by atoms with E-state index >= 15 is 0 Å². The van der Waals surface area contributed by atoms with Crippen LogP contribution in [0.3, 0.4) is 0 Å². The first-order chi connectivity index (χ1) is 17.5. The maximum atomic E-state index is 14.2. The van der Waals surface area contributed by atoms with Crippen LogP contribution >= 0.6 is 15.9 Å². The number of benzene rings is 3. The number of likely N-dealkylation sites (tertiary alicyclic amines) is 1. The van der Waals surface area contributed by atoms with Crippen LogP contribution in [0.2, 0.25) is 0 Å². The molecule has 2 aliphatic rings. The van der Waals surface area contributed by atoms with Crippen molar-refractivity contribution in [3.63, 3.8) is 0 Å². The van der Waals surface area contributed by atoms with Gasteiger partial charge < -0.3 is 0 Å². The maximum absolute atomic E-state index is 14.2. The van der Waals surface area contributed by atoms with Gasteiger partial charge in [0.25, 0.3) is 0 Å². The molecule has 1 aromatic heterocycles. The zero-order valence-electron chi connectivity index (χ0n) is 20.3. The fourth-order valence-corrected chi connectivity index (χ4v) is 6.05. The molecule has 180 valence electrons. The van der Waals surface area contributed by atoms with Gasteiger partial charge in [0.05, 0.1) is 16.8 Å². The monoisotopic (exact) mass is 537 g/mol. The number of nitrogens with zero attached hydrogens (tertiary/aromatic N) is 3. The number of hydrogen-bond acceptors (Lipinski definition) is 3. The molecule has 3 heterocycles. The number of anilines is 2. The lowest BCUT2D eigenvalue weighted by Crippen LogP contribution is -2.47. The Kier molecular flexibility index (Phi) is 5.98. The first kappa shape index (κ1) is 23.1. The fourth-order valence-electron chi connectivity index (χ4n) is 5.69. The van der Waals surface area contributed by atoms with Gasteiger partial charge >= 0.3 is 0 Å². The van der Waals surface area contributed by atoms with Gasteiger partial charge in [-0.3, -0.25) is 19.6 Å². The molecule has 1 saturated heterocycles. The van der Waals surface area contributed by atoms with Crippen molar-refractivity contribution in [2.45, 2.75) is 31.7 Å². The van der Waals surface area contributed by atoms with Crippen LogP contribution in [-0.2, 0) is 16.8 Å². The van der Waals surface area contributed by atoms with Gasteiger partial charge in [-0.05, 0) is 91.5 Å². The third-order valence-electron chi connectivity index (χ3n) is 7.76. The quantitative estimate of drug-likeness (QED) is 0.280. The second-order valence-electron chi connectivity index (χ2n) is 9.84. The summed E-state index contributed by atoms with van der Waals surface area (Å²) < 4.78 is 1.02. The molecular weight excluding hydrogens is 510 g/mol. The summed E-state index contributed by atoms with van der Waals surface area (Å²) in [5.41, 5.74) is 7.23. The lowest BCUT2D eigenvalue weighted by atomic mass is 9.73. The summed E-state index contributed by atoms with van der Waals surface area (Å²) in [4.78, 5) is 23.2. The van der Waals surface area contributed by atoms with Crippen LogP contribution in [0.5, 0.6) is 0 Å². The molecule has 4 nitrogen and oxygen atoms in total. The van der Waals surface area contributed by atoms with Gasteiger partial charge in [-0.25, -0.2) is 0 Å². The number of aromatic nitrogens is 1. The Morgan fingerprint density at radius 1 is 0.889 bits per heavy atom. The van der Waals surface area contributed by atoms with E-state index < -0.39 is 5.41 Å². The molecule has 0 N–H and O–H groups in total. The first-order valence-electron chi connectivity index (χ1n) is 12.5. The third-order valence-corrected chi connectivity index (χ3v) is 8.25. The van der Waals surface area contributed by atoms with E-state index in [-0.39, 0.29) is 5.91 Å². The van der Waals surface area contributed by atoms with Gasteiger partial charge in [-0.15, -0.1) is 0 Å². The van der Waals surface area contributed by atoms with Crippen molar-refractivity contribution < 1.29 is 4.79 Å². The highest BCUT2D eigenvalue weighted by Crippen LogP contribution is 2.51. The second-order valence-corrected chi connectivity index (χ2v) is 10.8. The van der Waals surface area contributed by atoms with E-state index in [9.17, 15) is 4.79 Å². The molecule has 36 heavy (non-hydrogen) atoms. The highest BCUT2D eigenvalue weighted by molar-refractivity contribution is 9.10. The SMILES string of the molecule is Cc1cccnc1CN1CCC2(CC1)C(=O)N(c1ccc(-c3ccccc3)cc1)c1ccc(Br)cc12. The molecule has 2 aliphatic heterocycles. The number of pyridine rings is 1. The van der Waals surface area contributed by atoms with Gasteiger partial charge in [-0.1, -0.05) is 64.5 Å². The number of halogens is 1. The highest BCUT2D eigenvalue weighted by Gasteiger charge is 2.52. The molecule has 0 saturated carbocycles. The summed E-state index contributed by atoms with van der Waals surface area (Å²) in [6.45, 7) is 4.68. The number of fused-ring (bicyclic) bond motifs is 2. The number of carbonyl (C=O) groups excluding carboxylic acids is 1. The second kappa shape index (κ2) is 9.30. The third kappa shape index (κ3) is 3.97. The number of hydrogen-bond donors (Lipinski definition) is 0. The summed E-state index contributed by atoms with van der Waals surface area (Å²) in [7, 11) is 0. The van der Waals surface area contributed by atoms with Crippen molar-refractivity contribution in [3.8, 4) is 11.1 Å². The van der Waals surface area contributed by atoms with E-state index in [0.717, 1.165) is 65.1 Å². The van der Waals surface area contributed by atoms with E-state index in [2.05, 4.69) is 87.3 Å². The minimum Gasteiger partial charge on any atom is -0.297 e. The average molecular weight is 538 g/mol. The first-order valence-corrected chi connectivity index (χ1v) is 13.3. The zero-order valence-corrected chi connectivity index (χ0v) is 21.9. The standard InChI is InChI=1S/C31H28BrN3O/c1-22-6-5-17-33-28(22)21-34-18-15-31(16-19-34)27-20-25(32)11-14-29(27)35(30(31)36)26-12-9-24(10-13-26)23-7-3-2-4-8-23/h2-14,17,20H,15-16,18-19,21H2,1H3. The Hall–Kier alpha value is -3.28. The van der Waals surface area contributed by atoms with Crippen LogP contribution in [0.1, 0.15) is 29.7 Å². The van der Waals surface area contributed by atoms with Crippen molar-refractivity contribution in [2.24, 2.45) is 0 Å². The Bertz CT molecular complexity index is 1410. The lowest BCUT2D eigenvalue weighted by molar-refractivity contribution is -0.124. The van der Waals surface area contributed by atoms with E-state index in [4.69, 9.17) is 0 Å². The van der Waals surface area contributed by atoms with Crippen LogP contribution in [-0.4, -0.2) is 28.9 Å². The number of carbonyl (C=O) groups is 1. The molecule has 0 atom stereocenters. The molecule has 5 heteroatoms. The van der Waals surface area contributed by atoms with Crippen molar-refractivity contribution >= 4 is 33.2 Å². The number of amides is 1. The number of rotatable bonds is 4. The van der Waals surface area contributed by atoms with Crippen LogP contribution in [0.4, 0.5) is 11.4 Å². The zero-order chi connectivity index (χ0) is 24.7. The topological polar surface area (TPSA) is 36.4 Å². The Labute approximate surface area is 220 Å². The summed E-state index contributed by atoms with van der Waals surface area (Å²) >= 11 is 3.66. The van der Waals surface area contributed by atoms with Crippen molar-refractivity contribution in [1.29, 1.82) is 0 Å². The number of aryl methyl sites for hydroxylation is 1. The van der Waals surface area contributed by atoms with Gasteiger partial charge in [0.2, 0.25) is 5.91 Å². The van der Waals surface area contributed by atoms with Gasteiger partial charge in [-0.2, -0.15) is 0 Å². The summed E-state index contributed by atoms with van der Waals surface area (Å²) in [5.74, 6) is 0.191. The predicted octanol–water partition coefficient (Wildman–Crippen LogP) is 7.03.